The zero-order valence-electron chi connectivity index (χ0n) is 16.3. The van der Waals surface area contributed by atoms with Crippen LogP contribution < -0.4 is 10.6 Å². The molecule has 1 heterocycles. The van der Waals surface area contributed by atoms with Gasteiger partial charge in [-0.2, -0.15) is 0 Å². The van der Waals surface area contributed by atoms with Crippen LogP contribution in [0.3, 0.4) is 0 Å². The predicted molar refractivity (Wildman–Crippen MR) is 99.2 cm³/mol. The maximum Gasteiger partial charge on any atom is 0.234 e. The van der Waals surface area contributed by atoms with Crippen molar-refractivity contribution in [1.82, 2.24) is 15.5 Å². The molecule has 0 unspecified atom stereocenters. The average Bonchev–Trinajstić information content (AvgIpc) is 2.57. The highest BCUT2D eigenvalue weighted by atomic mass is 16.2. The smallest absolute Gasteiger partial charge is 0.234 e. The van der Waals surface area contributed by atoms with E-state index in [9.17, 15) is 14.4 Å². The van der Waals surface area contributed by atoms with Crippen molar-refractivity contribution < 1.29 is 14.4 Å². The summed E-state index contributed by atoms with van der Waals surface area (Å²) in [6, 6.07) is 0.454. The molecule has 2 N–H and O–H groups in total. The van der Waals surface area contributed by atoms with Gasteiger partial charge in [0.1, 0.15) is 5.78 Å². The van der Waals surface area contributed by atoms with Gasteiger partial charge in [-0.3, -0.25) is 14.4 Å². The molecule has 6 heteroatoms. The summed E-state index contributed by atoms with van der Waals surface area (Å²) in [5.41, 5.74) is 0. The Morgan fingerprint density at radius 3 is 2.16 bits per heavy atom. The Bertz CT molecular complexity index is 441. The van der Waals surface area contributed by atoms with E-state index in [1.807, 2.05) is 32.6 Å². The molecule has 1 saturated heterocycles. The van der Waals surface area contributed by atoms with E-state index in [1.165, 1.54) is 0 Å². The zero-order valence-corrected chi connectivity index (χ0v) is 16.3. The number of likely N-dealkylation sites (tertiary alicyclic amines) is 1. The molecule has 0 aromatic heterocycles. The van der Waals surface area contributed by atoms with Gasteiger partial charge in [-0.25, -0.2) is 0 Å². The molecule has 2 amide bonds. The van der Waals surface area contributed by atoms with Crippen molar-refractivity contribution >= 4 is 17.6 Å². The fourth-order valence-corrected chi connectivity index (χ4v) is 2.87. The number of amides is 2. The number of ketones is 1. The molecule has 1 fully saturated rings. The number of nitrogens with one attached hydrogen (secondary N) is 2. The van der Waals surface area contributed by atoms with Crippen LogP contribution in [0.2, 0.25) is 0 Å². The van der Waals surface area contributed by atoms with Gasteiger partial charge in [0, 0.05) is 43.9 Å². The Hall–Kier alpha value is -1.43. The molecule has 0 atom stereocenters. The third-order valence-corrected chi connectivity index (χ3v) is 4.59. The first-order chi connectivity index (χ1) is 11.8. The van der Waals surface area contributed by atoms with Crippen molar-refractivity contribution in [3.8, 4) is 0 Å². The maximum absolute atomic E-state index is 12.2. The fraction of sp³-hybridized carbons (Fsp3) is 0.842. The minimum absolute atomic E-state index is 0.0216. The lowest BCUT2D eigenvalue weighted by Crippen LogP contribution is -2.48. The van der Waals surface area contributed by atoms with E-state index in [4.69, 9.17) is 0 Å². The Labute approximate surface area is 152 Å². The summed E-state index contributed by atoms with van der Waals surface area (Å²) in [5.74, 6) is 0.549. The molecule has 6 nitrogen and oxygen atoms in total. The van der Waals surface area contributed by atoms with Gasteiger partial charge in [0.05, 0.1) is 6.54 Å². The van der Waals surface area contributed by atoms with Crippen molar-refractivity contribution in [2.75, 3.05) is 19.6 Å². The molecule has 0 saturated carbocycles. The van der Waals surface area contributed by atoms with Gasteiger partial charge >= 0.3 is 0 Å². The van der Waals surface area contributed by atoms with E-state index in [1.54, 1.807) is 0 Å². The molecule has 0 bridgehead atoms. The van der Waals surface area contributed by atoms with Crippen LogP contribution in [0.1, 0.15) is 66.2 Å². The van der Waals surface area contributed by atoms with Gasteiger partial charge in [0.2, 0.25) is 11.8 Å². The summed E-state index contributed by atoms with van der Waals surface area (Å²) < 4.78 is 0. The predicted octanol–water partition coefficient (Wildman–Crippen LogP) is 1.88. The largest absolute Gasteiger partial charge is 0.352 e. The second-order valence-corrected chi connectivity index (χ2v) is 7.59. The van der Waals surface area contributed by atoms with Gasteiger partial charge < -0.3 is 15.5 Å². The van der Waals surface area contributed by atoms with Crippen molar-refractivity contribution in [2.45, 2.75) is 78.3 Å². The zero-order chi connectivity index (χ0) is 18.8. The number of Topliss-reactive ketones (excluding diaryl/α,β-unsaturated/α-hetero) is 1. The molecule has 1 rings (SSSR count). The van der Waals surface area contributed by atoms with Crippen molar-refractivity contribution in [3.63, 3.8) is 0 Å². The standard InChI is InChI=1S/C19H35N3O3/c1-14(2)17(23)7-5-6-8-19(25)22-11-9-16(10-12-22)21-18(24)13-20-15(3)4/h14-16,20H,5-13H2,1-4H3,(H,21,24). The Balaban J connectivity index is 2.17. The fourth-order valence-electron chi connectivity index (χ4n) is 2.87. The maximum atomic E-state index is 12.2. The number of rotatable bonds is 10. The van der Waals surface area contributed by atoms with E-state index in [-0.39, 0.29) is 29.6 Å². The van der Waals surface area contributed by atoms with Gasteiger partial charge in [-0.05, 0) is 25.7 Å². The molecule has 0 aromatic rings. The molecule has 144 valence electrons. The van der Waals surface area contributed by atoms with Gasteiger partial charge in [-0.15, -0.1) is 0 Å². The van der Waals surface area contributed by atoms with E-state index in [0.717, 1.165) is 25.7 Å². The molecule has 0 aliphatic carbocycles. The lowest BCUT2D eigenvalue weighted by molar-refractivity contribution is -0.132. The summed E-state index contributed by atoms with van der Waals surface area (Å²) in [7, 11) is 0. The Kier molecular flexibility index (Phi) is 9.71. The number of piperidine rings is 1. The van der Waals surface area contributed by atoms with E-state index in [2.05, 4.69) is 10.6 Å². The number of hydrogen-bond donors (Lipinski definition) is 2. The summed E-state index contributed by atoms with van der Waals surface area (Å²) in [6.45, 7) is 9.58. The Morgan fingerprint density at radius 1 is 1.00 bits per heavy atom. The number of carbonyl (C=O) groups excluding carboxylic acids is 3. The first kappa shape index (κ1) is 21.6. The molecule has 1 aliphatic rings. The highest BCUT2D eigenvalue weighted by Gasteiger charge is 2.23. The lowest BCUT2D eigenvalue weighted by Gasteiger charge is -2.32. The van der Waals surface area contributed by atoms with Gasteiger partial charge in [-0.1, -0.05) is 27.7 Å². The van der Waals surface area contributed by atoms with Crippen LogP contribution in [0, 0.1) is 5.92 Å². The summed E-state index contributed by atoms with van der Waals surface area (Å²) in [5, 5.41) is 6.14. The topological polar surface area (TPSA) is 78.5 Å². The van der Waals surface area contributed by atoms with Crippen LogP contribution in [0.5, 0.6) is 0 Å². The quantitative estimate of drug-likeness (QED) is 0.588. The van der Waals surface area contributed by atoms with E-state index < -0.39 is 0 Å². The SMILES string of the molecule is CC(C)NCC(=O)NC1CCN(C(=O)CCCCC(=O)C(C)C)CC1. The summed E-state index contributed by atoms with van der Waals surface area (Å²) in [6.07, 6.45) is 4.27. The molecular weight excluding hydrogens is 318 g/mol. The highest BCUT2D eigenvalue weighted by Crippen LogP contribution is 2.13. The Morgan fingerprint density at radius 2 is 1.60 bits per heavy atom. The van der Waals surface area contributed by atoms with Crippen molar-refractivity contribution in [1.29, 1.82) is 0 Å². The number of hydrogen-bond acceptors (Lipinski definition) is 4. The van der Waals surface area contributed by atoms with Gasteiger partial charge in [0.15, 0.2) is 0 Å². The first-order valence-corrected chi connectivity index (χ1v) is 9.62. The molecule has 25 heavy (non-hydrogen) atoms. The van der Waals surface area contributed by atoms with Crippen molar-refractivity contribution in [3.05, 3.63) is 0 Å². The number of nitrogens with zero attached hydrogens (tertiary/aromatic N) is 1. The molecule has 0 spiro atoms. The monoisotopic (exact) mass is 353 g/mol. The van der Waals surface area contributed by atoms with E-state index >= 15 is 0 Å². The van der Waals surface area contributed by atoms with Crippen LogP contribution >= 0.6 is 0 Å². The van der Waals surface area contributed by atoms with Crippen LogP contribution in [0.15, 0.2) is 0 Å². The molecule has 1 aliphatic heterocycles. The van der Waals surface area contributed by atoms with Crippen LogP contribution in [-0.2, 0) is 14.4 Å². The normalized spacial score (nSPS) is 15.7. The minimum Gasteiger partial charge on any atom is -0.352 e. The summed E-state index contributed by atoms with van der Waals surface area (Å²) in [4.78, 5) is 37.5. The highest BCUT2D eigenvalue weighted by molar-refractivity contribution is 5.80. The molecule has 0 radical (unpaired) electrons. The average molecular weight is 354 g/mol. The minimum atomic E-state index is 0.0216. The van der Waals surface area contributed by atoms with E-state index in [0.29, 0.717) is 38.5 Å². The number of carbonyl (C=O) groups is 3. The second kappa shape index (κ2) is 11.2. The van der Waals surface area contributed by atoms with Crippen LogP contribution in [0.4, 0.5) is 0 Å². The van der Waals surface area contributed by atoms with Crippen molar-refractivity contribution in [2.24, 2.45) is 5.92 Å². The third-order valence-electron chi connectivity index (χ3n) is 4.59. The summed E-state index contributed by atoms with van der Waals surface area (Å²) >= 11 is 0. The first-order valence-electron chi connectivity index (χ1n) is 9.62. The van der Waals surface area contributed by atoms with Crippen LogP contribution in [-0.4, -0.2) is 54.2 Å². The molecule has 0 aromatic carbocycles. The second-order valence-electron chi connectivity index (χ2n) is 7.59. The van der Waals surface area contributed by atoms with Gasteiger partial charge in [0.25, 0.3) is 0 Å². The number of unbranched alkanes of at least 4 members (excludes halogenated alkanes) is 1. The van der Waals surface area contributed by atoms with Crippen LogP contribution in [0.25, 0.3) is 0 Å². The lowest BCUT2D eigenvalue weighted by atomic mass is 10.0. The molecular formula is C19H35N3O3. The third kappa shape index (κ3) is 9.00.